The van der Waals surface area contributed by atoms with E-state index in [2.05, 4.69) is 117 Å². The summed E-state index contributed by atoms with van der Waals surface area (Å²) in [6.45, 7) is 4.43. The van der Waals surface area contributed by atoms with Crippen LogP contribution in [0.1, 0.15) is 13.8 Å². The summed E-state index contributed by atoms with van der Waals surface area (Å²) in [5.41, 5.74) is 3.90. The van der Waals surface area contributed by atoms with E-state index in [1.165, 1.54) is 15.6 Å². The van der Waals surface area contributed by atoms with E-state index < -0.39 is 8.07 Å². The van der Waals surface area contributed by atoms with Crippen LogP contribution in [-0.4, -0.2) is 31.1 Å². The molecular formula is C23H23Br2CuMgSi. The summed E-state index contributed by atoms with van der Waals surface area (Å²) >= 11 is 0. The fourth-order valence-electron chi connectivity index (χ4n) is 3.11. The van der Waals surface area contributed by atoms with Gasteiger partial charge in [0.25, 0.3) is 0 Å². The summed E-state index contributed by atoms with van der Waals surface area (Å²) in [7, 11) is -2.29. The molecule has 0 atom stereocenters. The zero-order chi connectivity index (χ0) is 16.8. The molecule has 0 saturated carbocycles. The van der Waals surface area contributed by atoms with Gasteiger partial charge < -0.3 is 39.7 Å². The van der Waals surface area contributed by atoms with Crippen molar-refractivity contribution < 1.29 is 51.0 Å². The first kappa shape index (κ1) is 30.1. The zero-order valence-electron chi connectivity index (χ0n) is 16.1. The van der Waals surface area contributed by atoms with Crippen molar-refractivity contribution in [1.29, 1.82) is 0 Å². The molecule has 0 bridgehead atoms. The Balaban J connectivity index is 0. The number of allylic oxidation sites excluding steroid dienone is 1. The second-order valence-electron chi connectivity index (χ2n) is 6.40. The Hall–Kier alpha value is -0.137. The van der Waals surface area contributed by atoms with Crippen LogP contribution >= 0.6 is 0 Å². The molecule has 0 radical (unpaired) electrons. The van der Waals surface area contributed by atoms with Gasteiger partial charge in [-0.1, -0.05) is 126 Å². The summed E-state index contributed by atoms with van der Waals surface area (Å²) in [5.74, 6) is 0.480. The minimum atomic E-state index is -2.29. The summed E-state index contributed by atoms with van der Waals surface area (Å²) in [6.07, 6.45) is 2.25. The average Bonchev–Trinajstić information content (AvgIpc) is 2.65. The molecule has 3 aromatic carbocycles. The van der Waals surface area contributed by atoms with E-state index >= 15 is 0 Å². The summed E-state index contributed by atoms with van der Waals surface area (Å²) in [6, 6.07) is 32.6. The Kier molecular flexibility index (Phi) is 15.9. The fourth-order valence-corrected chi connectivity index (χ4v) is 7.27. The van der Waals surface area contributed by atoms with Gasteiger partial charge >= 0.3 is 40.1 Å². The van der Waals surface area contributed by atoms with Gasteiger partial charge in [-0.3, -0.25) is 6.08 Å². The molecule has 0 aliphatic rings. The molecule has 5 heteroatoms. The number of hydrogen-bond donors (Lipinski definition) is 0. The minimum absolute atomic E-state index is 0. The van der Waals surface area contributed by atoms with Crippen molar-refractivity contribution in [3.63, 3.8) is 0 Å². The number of rotatable bonds is 5. The van der Waals surface area contributed by atoms with Crippen LogP contribution in [0.4, 0.5) is 0 Å². The predicted octanol–water partition coefficient (Wildman–Crippen LogP) is -2.66. The molecule has 0 aromatic heterocycles. The van der Waals surface area contributed by atoms with Crippen LogP contribution in [0.3, 0.4) is 0 Å². The van der Waals surface area contributed by atoms with E-state index in [1.54, 1.807) is 0 Å². The Labute approximate surface area is 218 Å². The molecule has 146 valence electrons. The molecule has 0 aliphatic carbocycles. The third kappa shape index (κ3) is 6.98. The van der Waals surface area contributed by atoms with Gasteiger partial charge in [-0.2, -0.15) is 0 Å². The number of hydrogen-bond acceptors (Lipinski definition) is 0. The summed E-state index contributed by atoms with van der Waals surface area (Å²) in [5, 5.41) is 4.12. The van der Waals surface area contributed by atoms with Crippen LogP contribution in [0.15, 0.2) is 97.1 Å². The molecule has 0 nitrogen and oxygen atoms in total. The molecule has 0 N–H and O–H groups in total. The maximum Gasteiger partial charge on any atom is 2.00 e. The fraction of sp³-hybridized carbons (Fsp3) is 0.130. The first-order valence-corrected chi connectivity index (χ1v) is 10.5. The standard InChI is InChI=1S/C23H23Si.2BrH.Cu.Mg/c1-20(2)18-19-24(21-12-6-3-7-13-21,22-14-8-4-9-15-22)23-16-10-5-11-17-23;;;;/h3-18,20H,1-2H3;2*1H;;/q-1;;;+1;+2/p-2. The number of benzene rings is 3. The third-order valence-electron chi connectivity index (χ3n) is 4.25. The Morgan fingerprint density at radius 2 is 0.929 bits per heavy atom. The summed E-state index contributed by atoms with van der Waals surface area (Å²) < 4.78 is 0. The first-order valence-electron chi connectivity index (χ1n) is 8.51. The van der Waals surface area contributed by atoms with Crippen molar-refractivity contribution in [2.75, 3.05) is 0 Å². The van der Waals surface area contributed by atoms with Gasteiger partial charge in [0.15, 0.2) is 0 Å². The maximum atomic E-state index is 3.90. The largest absolute Gasteiger partial charge is 2.00 e. The molecule has 0 fully saturated rings. The van der Waals surface area contributed by atoms with Crippen LogP contribution < -0.4 is 49.5 Å². The van der Waals surface area contributed by atoms with Gasteiger partial charge in [-0.25, -0.2) is 0 Å². The van der Waals surface area contributed by atoms with Crippen molar-refractivity contribution in [3.8, 4) is 0 Å². The SMILES string of the molecule is CC(C)C=[C-][Si](c1ccccc1)(c1ccccc1)c1ccccc1.[Br-].[Br-].[Cu+].[Mg+2]. The van der Waals surface area contributed by atoms with E-state index in [1.807, 2.05) is 0 Å². The maximum absolute atomic E-state index is 3.90. The Bertz CT molecular complexity index is 700. The summed E-state index contributed by atoms with van der Waals surface area (Å²) in [4.78, 5) is 0. The van der Waals surface area contributed by atoms with Gasteiger partial charge in [-0.05, 0) is 0 Å². The topological polar surface area (TPSA) is 0 Å². The van der Waals surface area contributed by atoms with Crippen LogP contribution in [0.2, 0.25) is 0 Å². The van der Waals surface area contributed by atoms with E-state index in [0.29, 0.717) is 5.92 Å². The van der Waals surface area contributed by atoms with E-state index in [0.717, 1.165) is 0 Å². The van der Waals surface area contributed by atoms with Crippen molar-refractivity contribution in [2.24, 2.45) is 5.92 Å². The van der Waals surface area contributed by atoms with Gasteiger partial charge in [0.1, 0.15) is 0 Å². The second-order valence-corrected chi connectivity index (χ2v) is 9.92. The van der Waals surface area contributed by atoms with Gasteiger partial charge in [0.2, 0.25) is 0 Å². The molecule has 3 rings (SSSR count). The van der Waals surface area contributed by atoms with Crippen molar-refractivity contribution in [1.82, 2.24) is 0 Å². The van der Waals surface area contributed by atoms with E-state index in [4.69, 9.17) is 0 Å². The average molecular weight is 575 g/mol. The molecule has 0 heterocycles. The molecule has 0 saturated heterocycles. The molecule has 0 amide bonds. The van der Waals surface area contributed by atoms with Crippen LogP contribution in [0, 0.1) is 11.6 Å². The van der Waals surface area contributed by atoms with Crippen LogP contribution in [-0.2, 0) is 17.1 Å². The van der Waals surface area contributed by atoms with Crippen molar-refractivity contribution in [3.05, 3.63) is 103 Å². The molecule has 0 spiro atoms. The van der Waals surface area contributed by atoms with Gasteiger partial charge in [-0.15, -0.1) is 0 Å². The monoisotopic (exact) mass is 572 g/mol. The van der Waals surface area contributed by atoms with Gasteiger partial charge in [0.05, 0.1) is 0 Å². The van der Waals surface area contributed by atoms with E-state index in [-0.39, 0.29) is 74.1 Å². The molecule has 0 unspecified atom stereocenters. The Morgan fingerprint density at radius 3 is 1.18 bits per heavy atom. The minimum Gasteiger partial charge on any atom is -1.00 e. The number of halogens is 2. The van der Waals surface area contributed by atoms with Crippen LogP contribution in [0.25, 0.3) is 0 Å². The molecule has 3 aromatic rings. The predicted molar refractivity (Wildman–Crippen MR) is 112 cm³/mol. The van der Waals surface area contributed by atoms with Crippen molar-refractivity contribution >= 4 is 46.7 Å². The van der Waals surface area contributed by atoms with Crippen LogP contribution in [0.5, 0.6) is 0 Å². The quantitative estimate of drug-likeness (QED) is 0.177. The smallest absolute Gasteiger partial charge is 1.00 e. The second kappa shape index (κ2) is 14.8. The molecule has 28 heavy (non-hydrogen) atoms. The van der Waals surface area contributed by atoms with Gasteiger partial charge in [0, 0.05) is 8.07 Å². The molecule has 0 aliphatic heterocycles. The van der Waals surface area contributed by atoms with E-state index in [9.17, 15) is 0 Å². The zero-order valence-corrected chi connectivity index (χ0v) is 22.6. The van der Waals surface area contributed by atoms with Crippen molar-refractivity contribution in [2.45, 2.75) is 13.8 Å². The third-order valence-corrected chi connectivity index (χ3v) is 8.45. The normalized spacial score (nSPS) is 10.2. The molecular weight excluding hydrogens is 552 g/mol. The first-order chi connectivity index (χ1) is 11.7. The Morgan fingerprint density at radius 1 is 0.643 bits per heavy atom.